The van der Waals surface area contributed by atoms with Gasteiger partial charge in [0.15, 0.2) is 0 Å². The number of hydrogen-bond acceptors (Lipinski definition) is 4. The van der Waals surface area contributed by atoms with Gasteiger partial charge >= 0.3 is 0 Å². The number of nitrogens with one attached hydrogen (secondary N) is 2. The maximum atomic E-state index is 5.83. The van der Waals surface area contributed by atoms with Gasteiger partial charge in [0.05, 0.1) is 5.69 Å². The first kappa shape index (κ1) is 12.5. The highest BCUT2D eigenvalue weighted by Gasteiger charge is 2.34. The van der Waals surface area contributed by atoms with Crippen molar-refractivity contribution in [3.8, 4) is 5.75 Å². The Morgan fingerprint density at radius 3 is 3.15 bits per heavy atom. The van der Waals surface area contributed by atoms with Crippen molar-refractivity contribution in [2.24, 2.45) is 0 Å². The molecule has 1 unspecified atom stereocenters. The summed E-state index contributed by atoms with van der Waals surface area (Å²) in [6, 6.07) is 7.93. The van der Waals surface area contributed by atoms with Gasteiger partial charge in [-0.05, 0) is 25.3 Å². The van der Waals surface area contributed by atoms with Gasteiger partial charge in [-0.3, -0.25) is 4.90 Å². The Labute approximate surface area is 120 Å². The lowest BCUT2D eigenvalue weighted by Gasteiger charge is -2.23. The fourth-order valence-electron chi connectivity index (χ4n) is 3.35. The number of fused-ring (bicyclic) bond motifs is 1. The molecule has 2 aliphatic heterocycles. The predicted octanol–water partition coefficient (Wildman–Crippen LogP) is 1.82. The van der Waals surface area contributed by atoms with Crippen LogP contribution in [0.1, 0.15) is 24.8 Å². The minimum Gasteiger partial charge on any atom is -0.489 e. The molecule has 0 aromatic heterocycles. The van der Waals surface area contributed by atoms with Crippen molar-refractivity contribution >= 4 is 5.69 Å². The first-order valence-corrected chi connectivity index (χ1v) is 7.86. The van der Waals surface area contributed by atoms with E-state index in [-0.39, 0.29) is 0 Å². The number of para-hydroxylation sites is 1. The lowest BCUT2D eigenvalue weighted by Crippen LogP contribution is -2.33. The SMILES string of the molecule is c1cc(CNC2CCN(C3CC3)C2)c2c(c1)NCCO2. The summed E-state index contributed by atoms with van der Waals surface area (Å²) >= 11 is 0. The third-order valence-corrected chi connectivity index (χ3v) is 4.62. The molecule has 0 spiro atoms. The molecule has 0 bridgehead atoms. The van der Waals surface area contributed by atoms with E-state index in [2.05, 4.69) is 33.7 Å². The van der Waals surface area contributed by atoms with Gasteiger partial charge in [-0.1, -0.05) is 12.1 Å². The Balaban J connectivity index is 1.37. The number of rotatable bonds is 4. The third-order valence-electron chi connectivity index (χ3n) is 4.62. The summed E-state index contributed by atoms with van der Waals surface area (Å²) in [7, 11) is 0. The third kappa shape index (κ3) is 2.50. The minimum atomic E-state index is 0.642. The standard InChI is InChI=1S/C16H23N3O/c1-2-12(16-15(3-1)17-7-9-20-16)10-18-13-6-8-19(11-13)14-4-5-14/h1-3,13-14,17-18H,4-11H2. The molecule has 1 saturated carbocycles. The molecule has 0 radical (unpaired) electrons. The van der Waals surface area contributed by atoms with Crippen LogP contribution in [0.25, 0.3) is 0 Å². The predicted molar refractivity (Wildman–Crippen MR) is 80.3 cm³/mol. The maximum absolute atomic E-state index is 5.83. The van der Waals surface area contributed by atoms with Gasteiger partial charge in [0.25, 0.3) is 0 Å². The molecule has 2 heterocycles. The fourth-order valence-corrected chi connectivity index (χ4v) is 3.35. The summed E-state index contributed by atoms with van der Waals surface area (Å²) in [5, 5.41) is 7.11. The highest BCUT2D eigenvalue weighted by atomic mass is 16.5. The lowest BCUT2D eigenvalue weighted by atomic mass is 10.1. The van der Waals surface area contributed by atoms with Crippen molar-refractivity contribution in [1.29, 1.82) is 0 Å². The second-order valence-corrected chi connectivity index (χ2v) is 6.16. The molecule has 1 saturated heterocycles. The molecule has 1 aromatic carbocycles. The second-order valence-electron chi connectivity index (χ2n) is 6.16. The molecule has 108 valence electrons. The summed E-state index contributed by atoms with van der Waals surface area (Å²) in [5.74, 6) is 1.04. The molecular weight excluding hydrogens is 250 g/mol. The summed E-state index contributed by atoms with van der Waals surface area (Å²) in [5.41, 5.74) is 2.42. The molecule has 4 heteroatoms. The number of benzene rings is 1. The van der Waals surface area contributed by atoms with Crippen LogP contribution in [0.5, 0.6) is 5.75 Å². The van der Waals surface area contributed by atoms with Crippen LogP contribution in [0.2, 0.25) is 0 Å². The van der Waals surface area contributed by atoms with Gasteiger partial charge in [-0.25, -0.2) is 0 Å². The van der Waals surface area contributed by atoms with E-state index >= 15 is 0 Å². The van der Waals surface area contributed by atoms with Gasteiger partial charge in [0.1, 0.15) is 12.4 Å². The molecule has 4 rings (SSSR count). The van der Waals surface area contributed by atoms with Gasteiger partial charge in [0.2, 0.25) is 0 Å². The zero-order valence-electron chi connectivity index (χ0n) is 11.9. The Kier molecular flexibility index (Phi) is 3.28. The Bertz CT molecular complexity index is 487. The number of anilines is 1. The van der Waals surface area contributed by atoms with Crippen molar-refractivity contribution in [2.75, 3.05) is 31.6 Å². The van der Waals surface area contributed by atoms with E-state index in [1.165, 1.54) is 37.9 Å². The van der Waals surface area contributed by atoms with E-state index in [1.54, 1.807) is 0 Å². The molecule has 2 fully saturated rings. The van der Waals surface area contributed by atoms with E-state index in [4.69, 9.17) is 4.74 Å². The number of hydrogen-bond donors (Lipinski definition) is 2. The van der Waals surface area contributed by atoms with Gasteiger partial charge in [-0.2, -0.15) is 0 Å². The summed E-state index contributed by atoms with van der Waals surface area (Å²) < 4.78 is 5.83. The Hall–Kier alpha value is -1.26. The zero-order valence-corrected chi connectivity index (χ0v) is 11.9. The molecular formula is C16H23N3O. The van der Waals surface area contributed by atoms with Crippen LogP contribution < -0.4 is 15.4 Å². The summed E-state index contributed by atoms with van der Waals surface area (Å²) in [6.45, 7) is 5.08. The first-order chi connectivity index (χ1) is 9.90. The van der Waals surface area contributed by atoms with Crippen LogP contribution in [-0.4, -0.2) is 43.2 Å². The zero-order chi connectivity index (χ0) is 13.4. The first-order valence-electron chi connectivity index (χ1n) is 7.86. The van der Waals surface area contributed by atoms with E-state index in [0.29, 0.717) is 6.04 Å². The molecule has 0 amide bonds. The summed E-state index contributed by atoms with van der Waals surface area (Å²) in [6.07, 6.45) is 4.11. The molecule has 1 atom stereocenters. The van der Waals surface area contributed by atoms with Crippen molar-refractivity contribution in [1.82, 2.24) is 10.2 Å². The fraction of sp³-hybridized carbons (Fsp3) is 0.625. The van der Waals surface area contributed by atoms with Crippen molar-refractivity contribution in [3.05, 3.63) is 23.8 Å². The van der Waals surface area contributed by atoms with Crippen LogP contribution in [-0.2, 0) is 6.54 Å². The van der Waals surface area contributed by atoms with Crippen molar-refractivity contribution in [2.45, 2.75) is 37.9 Å². The normalized spacial score (nSPS) is 25.9. The van der Waals surface area contributed by atoms with Crippen LogP contribution in [0.3, 0.4) is 0 Å². The molecule has 20 heavy (non-hydrogen) atoms. The van der Waals surface area contributed by atoms with Crippen LogP contribution in [0, 0.1) is 0 Å². The van der Waals surface area contributed by atoms with Gasteiger partial charge in [0, 0.05) is 43.8 Å². The van der Waals surface area contributed by atoms with E-state index in [0.717, 1.165) is 37.2 Å². The largest absolute Gasteiger partial charge is 0.489 e. The molecule has 4 nitrogen and oxygen atoms in total. The maximum Gasteiger partial charge on any atom is 0.146 e. The van der Waals surface area contributed by atoms with Gasteiger partial charge < -0.3 is 15.4 Å². The highest BCUT2D eigenvalue weighted by Crippen LogP contribution is 2.32. The second kappa shape index (κ2) is 5.26. The molecule has 2 N–H and O–H groups in total. The molecule has 3 aliphatic rings. The monoisotopic (exact) mass is 273 g/mol. The van der Waals surface area contributed by atoms with Gasteiger partial charge in [-0.15, -0.1) is 0 Å². The average molecular weight is 273 g/mol. The minimum absolute atomic E-state index is 0.642. The van der Waals surface area contributed by atoms with Crippen molar-refractivity contribution in [3.63, 3.8) is 0 Å². The number of likely N-dealkylation sites (tertiary alicyclic amines) is 1. The number of ether oxygens (including phenoxy) is 1. The quantitative estimate of drug-likeness (QED) is 0.877. The Morgan fingerprint density at radius 2 is 2.25 bits per heavy atom. The van der Waals surface area contributed by atoms with Crippen LogP contribution in [0.15, 0.2) is 18.2 Å². The van der Waals surface area contributed by atoms with Crippen LogP contribution in [0.4, 0.5) is 5.69 Å². The lowest BCUT2D eigenvalue weighted by molar-refractivity contribution is 0.312. The highest BCUT2D eigenvalue weighted by molar-refractivity contribution is 5.61. The topological polar surface area (TPSA) is 36.5 Å². The van der Waals surface area contributed by atoms with E-state index in [9.17, 15) is 0 Å². The average Bonchev–Trinajstić information content (AvgIpc) is 3.24. The smallest absolute Gasteiger partial charge is 0.146 e. The molecule has 1 aliphatic carbocycles. The van der Waals surface area contributed by atoms with Crippen molar-refractivity contribution < 1.29 is 4.74 Å². The van der Waals surface area contributed by atoms with Crippen LogP contribution >= 0.6 is 0 Å². The Morgan fingerprint density at radius 1 is 1.30 bits per heavy atom. The summed E-state index contributed by atoms with van der Waals surface area (Å²) in [4.78, 5) is 2.65. The number of nitrogens with zero attached hydrogens (tertiary/aromatic N) is 1. The molecule has 1 aromatic rings. The van der Waals surface area contributed by atoms with E-state index < -0.39 is 0 Å². The van der Waals surface area contributed by atoms with E-state index in [1.807, 2.05) is 0 Å².